The second-order valence-electron chi connectivity index (χ2n) is 8.57. The van der Waals surface area contributed by atoms with Gasteiger partial charge in [-0.05, 0) is 57.8 Å². The molecule has 1 unspecified atom stereocenters. The summed E-state index contributed by atoms with van der Waals surface area (Å²) in [5.74, 6) is 0. The summed E-state index contributed by atoms with van der Waals surface area (Å²) in [7, 11) is 3.55. The van der Waals surface area contributed by atoms with Crippen molar-refractivity contribution < 1.29 is 13.6 Å². The molecule has 0 N–H and O–H groups in total. The van der Waals surface area contributed by atoms with E-state index in [-0.39, 0.29) is 0 Å². The van der Waals surface area contributed by atoms with E-state index in [1.54, 1.807) is 0 Å². The van der Waals surface area contributed by atoms with Crippen molar-refractivity contribution in [2.24, 2.45) is 0 Å². The van der Waals surface area contributed by atoms with Gasteiger partial charge in [0.05, 0.1) is 21.1 Å². The molecule has 0 amide bonds. The lowest BCUT2D eigenvalue weighted by molar-refractivity contribution is -0.908. The van der Waals surface area contributed by atoms with Crippen molar-refractivity contribution in [3.05, 3.63) is 24.3 Å². The second kappa shape index (κ2) is 15.3. The van der Waals surface area contributed by atoms with Crippen LogP contribution in [0.4, 0.5) is 0 Å². The highest BCUT2D eigenvalue weighted by Crippen LogP contribution is 2.42. The molecule has 0 aliphatic carbocycles. The van der Waals surface area contributed by atoms with Gasteiger partial charge in [-0.25, -0.2) is 9.13 Å². The van der Waals surface area contributed by atoms with Crippen LogP contribution in [0.5, 0.6) is 0 Å². The quantitative estimate of drug-likeness (QED) is 0.108. The molecule has 0 spiro atoms. The van der Waals surface area contributed by atoms with Crippen molar-refractivity contribution in [3.8, 4) is 0 Å². The maximum atomic E-state index is 11.9. The van der Waals surface area contributed by atoms with Crippen LogP contribution in [0.25, 0.3) is 0 Å². The maximum absolute atomic E-state index is 11.9. The molecular weight excluding hydrogens is 353 g/mol. The molecule has 0 aromatic carbocycles. The van der Waals surface area contributed by atoms with E-state index in [4.69, 9.17) is 0 Å². The SMILES string of the molecule is CCCCCC=CCCCCC=CCCCCC(CC)(P(=O)=O)[N+](C)(C)C. The van der Waals surface area contributed by atoms with Crippen LogP contribution in [-0.2, 0) is 9.13 Å². The molecule has 4 heteroatoms. The molecule has 0 saturated heterocycles. The number of hydrogen-bond donors (Lipinski definition) is 0. The Labute approximate surface area is 169 Å². The summed E-state index contributed by atoms with van der Waals surface area (Å²) in [6, 6.07) is 0. The van der Waals surface area contributed by atoms with Crippen LogP contribution in [0.1, 0.15) is 97.3 Å². The summed E-state index contributed by atoms with van der Waals surface area (Å²) >= 11 is 0. The number of nitrogens with zero attached hydrogens (tertiary/aromatic N) is 1. The lowest BCUT2D eigenvalue weighted by Crippen LogP contribution is -2.53. The molecular formula is C23H45NO2P+. The van der Waals surface area contributed by atoms with Gasteiger partial charge < -0.3 is 4.48 Å². The topological polar surface area (TPSA) is 34.1 Å². The molecule has 0 aromatic rings. The lowest BCUT2D eigenvalue weighted by Gasteiger charge is -2.40. The predicted octanol–water partition coefficient (Wildman–Crippen LogP) is 7.79. The average Bonchev–Trinajstić information content (AvgIpc) is 2.60. The molecule has 0 heterocycles. The van der Waals surface area contributed by atoms with E-state index in [1.807, 2.05) is 28.1 Å². The zero-order chi connectivity index (χ0) is 20.6. The summed E-state index contributed by atoms with van der Waals surface area (Å²) in [6.07, 6.45) is 23.9. The highest BCUT2D eigenvalue weighted by molar-refractivity contribution is 7.32. The molecule has 27 heavy (non-hydrogen) atoms. The Morgan fingerprint density at radius 1 is 0.704 bits per heavy atom. The summed E-state index contributed by atoms with van der Waals surface area (Å²) in [5.41, 5.74) is 0. The van der Waals surface area contributed by atoms with E-state index < -0.39 is 13.0 Å². The Hall–Kier alpha value is -0.660. The van der Waals surface area contributed by atoms with E-state index >= 15 is 0 Å². The fourth-order valence-corrected chi connectivity index (χ4v) is 4.72. The van der Waals surface area contributed by atoms with Crippen LogP contribution in [0.15, 0.2) is 24.3 Å². The highest BCUT2D eigenvalue weighted by Gasteiger charge is 2.46. The van der Waals surface area contributed by atoms with E-state index in [2.05, 4.69) is 31.2 Å². The number of quaternary nitrogens is 1. The minimum Gasteiger partial charge on any atom is -0.314 e. The standard InChI is InChI=1S/C23H45NO2P/c1-6-8-9-10-11-12-13-14-15-16-17-18-19-20-21-22-23(7-2,27(25)26)24(3,4)5/h11-12,17-18H,6-10,13-16,19-22H2,1-5H3/q+1. The van der Waals surface area contributed by atoms with Gasteiger partial charge in [0, 0.05) is 12.8 Å². The Balaban J connectivity index is 3.84. The molecule has 0 fully saturated rings. The Morgan fingerprint density at radius 2 is 1.11 bits per heavy atom. The van der Waals surface area contributed by atoms with E-state index in [0.29, 0.717) is 10.9 Å². The van der Waals surface area contributed by atoms with Gasteiger partial charge in [-0.2, -0.15) is 0 Å². The van der Waals surface area contributed by atoms with E-state index in [9.17, 15) is 9.13 Å². The van der Waals surface area contributed by atoms with Crippen molar-refractivity contribution >= 4 is 7.68 Å². The van der Waals surface area contributed by atoms with Crippen molar-refractivity contribution in [1.29, 1.82) is 0 Å². The van der Waals surface area contributed by atoms with Crippen LogP contribution < -0.4 is 0 Å². The molecule has 0 radical (unpaired) electrons. The summed E-state index contributed by atoms with van der Waals surface area (Å²) in [4.78, 5) is 0. The summed E-state index contributed by atoms with van der Waals surface area (Å²) in [5, 5.41) is -0.622. The first-order valence-corrected chi connectivity index (χ1v) is 12.3. The summed E-state index contributed by atoms with van der Waals surface area (Å²) < 4.78 is 24.3. The first kappa shape index (κ1) is 26.3. The van der Waals surface area contributed by atoms with Crippen LogP contribution in [-0.4, -0.2) is 30.9 Å². The van der Waals surface area contributed by atoms with E-state index in [1.165, 1.54) is 44.9 Å². The third-order valence-corrected chi connectivity index (χ3v) is 7.47. The van der Waals surface area contributed by atoms with Gasteiger partial charge in [0.1, 0.15) is 0 Å². The third kappa shape index (κ3) is 11.1. The van der Waals surface area contributed by atoms with Crippen LogP contribution in [0.3, 0.4) is 0 Å². The molecule has 158 valence electrons. The van der Waals surface area contributed by atoms with Crippen LogP contribution in [0, 0.1) is 0 Å². The molecule has 0 bridgehead atoms. The van der Waals surface area contributed by atoms with Gasteiger partial charge in [0.25, 0.3) is 0 Å². The van der Waals surface area contributed by atoms with Gasteiger partial charge in [-0.3, -0.25) is 0 Å². The van der Waals surface area contributed by atoms with Crippen LogP contribution >= 0.6 is 7.68 Å². The minimum atomic E-state index is -2.43. The highest BCUT2D eigenvalue weighted by atomic mass is 31.1. The van der Waals surface area contributed by atoms with Crippen molar-refractivity contribution in [1.82, 2.24) is 0 Å². The number of allylic oxidation sites excluding steroid dienone is 4. The fourth-order valence-electron chi connectivity index (χ4n) is 3.63. The molecule has 1 atom stereocenters. The van der Waals surface area contributed by atoms with Gasteiger partial charge in [0.2, 0.25) is 5.28 Å². The second-order valence-corrected chi connectivity index (χ2v) is 9.92. The monoisotopic (exact) mass is 398 g/mol. The number of unbranched alkanes of at least 4 members (excludes halogenated alkanes) is 8. The zero-order valence-corrected chi connectivity index (χ0v) is 19.6. The van der Waals surface area contributed by atoms with Gasteiger partial charge >= 0.3 is 7.68 Å². The first-order chi connectivity index (χ1) is 12.8. The Kier molecular flexibility index (Phi) is 14.9. The fraction of sp³-hybridized carbons (Fsp3) is 0.826. The largest absolute Gasteiger partial charge is 0.378 e. The smallest absolute Gasteiger partial charge is 0.314 e. The molecule has 0 aliphatic rings. The molecule has 0 rings (SSSR count). The summed E-state index contributed by atoms with van der Waals surface area (Å²) in [6.45, 7) is 4.24. The normalized spacial score (nSPS) is 14.9. The Morgan fingerprint density at radius 3 is 1.44 bits per heavy atom. The first-order valence-electron chi connectivity index (χ1n) is 11.1. The van der Waals surface area contributed by atoms with Gasteiger partial charge in [0.15, 0.2) is 0 Å². The third-order valence-electron chi connectivity index (χ3n) is 5.65. The lowest BCUT2D eigenvalue weighted by atomic mass is 10.0. The zero-order valence-electron chi connectivity index (χ0n) is 18.7. The average molecular weight is 399 g/mol. The molecule has 0 aromatic heterocycles. The van der Waals surface area contributed by atoms with Crippen molar-refractivity contribution in [3.63, 3.8) is 0 Å². The maximum Gasteiger partial charge on any atom is 0.378 e. The molecule has 0 aliphatic heterocycles. The van der Waals surface area contributed by atoms with Crippen molar-refractivity contribution in [2.75, 3.05) is 21.1 Å². The van der Waals surface area contributed by atoms with Crippen molar-refractivity contribution in [2.45, 2.75) is 103 Å². The van der Waals surface area contributed by atoms with Gasteiger partial charge in [-0.15, -0.1) is 0 Å². The molecule has 3 nitrogen and oxygen atoms in total. The van der Waals surface area contributed by atoms with Crippen LogP contribution in [0.2, 0.25) is 0 Å². The number of rotatable bonds is 17. The van der Waals surface area contributed by atoms with Gasteiger partial charge in [-0.1, -0.05) is 51.0 Å². The minimum absolute atomic E-state index is 0.491. The predicted molar refractivity (Wildman–Crippen MR) is 119 cm³/mol. The number of hydrogen-bond acceptors (Lipinski definition) is 2. The Bertz CT molecular complexity index is 481. The van der Waals surface area contributed by atoms with E-state index in [0.717, 1.165) is 32.1 Å². The molecule has 0 saturated carbocycles.